The molecule has 0 bridgehead atoms. The molecule has 0 aliphatic carbocycles. The fraction of sp³-hybridized carbons (Fsp3) is 0.900. The van der Waals surface area contributed by atoms with Crippen LogP contribution in [0.25, 0.3) is 0 Å². The van der Waals surface area contributed by atoms with Crippen LogP contribution in [0.3, 0.4) is 0 Å². The van der Waals surface area contributed by atoms with Crippen LogP contribution in [0.15, 0.2) is 4.99 Å². The van der Waals surface area contributed by atoms with Crippen LogP contribution in [0.2, 0.25) is 0 Å². The molecule has 14 heavy (non-hydrogen) atoms. The predicted octanol–water partition coefficient (Wildman–Crippen LogP) is 1.45. The summed E-state index contributed by atoms with van der Waals surface area (Å²) in [5, 5.41) is 0. The van der Waals surface area contributed by atoms with E-state index in [1.165, 1.54) is 25.9 Å². The average molecular weight is 216 g/mol. The lowest BCUT2D eigenvalue weighted by Gasteiger charge is -2.39. The first-order valence-electron chi connectivity index (χ1n) is 5.23. The number of nitrogens with zero attached hydrogens (tertiary/aromatic N) is 2. The Labute approximate surface area is 89.0 Å². The van der Waals surface area contributed by atoms with Crippen LogP contribution in [0.5, 0.6) is 0 Å². The summed E-state index contributed by atoms with van der Waals surface area (Å²) in [6.07, 6.45) is 7.00. The molecule has 0 unspecified atom stereocenters. The summed E-state index contributed by atoms with van der Waals surface area (Å²) in [6, 6.07) is 0. The maximum absolute atomic E-state index is 5.48. The van der Waals surface area contributed by atoms with Gasteiger partial charge in [0, 0.05) is 20.0 Å². The highest BCUT2D eigenvalue weighted by Gasteiger charge is 2.38. The minimum absolute atomic E-state index is 0.0833. The van der Waals surface area contributed by atoms with E-state index in [4.69, 9.17) is 4.74 Å². The van der Waals surface area contributed by atoms with Gasteiger partial charge in [-0.25, -0.2) is 16.1 Å². The summed E-state index contributed by atoms with van der Waals surface area (Å²) >= 11 is 0.0833. The molecule has 1 saturated heterocycles. The minimum Gasteiger partial charge on any atom is -0.479 e. The molecule has 4 heteroatoms. The van der Waals surface area contributed by atoms with E-state index in [0.717, 1.165) is 12.5 Å². The molecule has 0 saturated carbocycles. The number of hydrogen-bond acceptors (Lipinski definition) is 3. The SMILES string of the molecule is CC1=NC2(CCN([SH](C)C)CC2)CO1. The lowest BCUT2D eigenvalue weighted by Crippen LogP contribution is -2.42. The second-order valence-corrected chi connectivity index (χ2v) is 6.70. The third-order valence-electron chi connectivity index (χ3n) is 3.18. The van der Waals surface area contributed by atoms with Gasteiger partial charge in [0.15, 0.2) is 5.90 Å². The highest BCUT2D eigenvalue weighted by Crippen LogP contribution is 2.35. The van der Waals surface area contributed by atoms with Gasteiger partial charge in [0.2, 0.25) is 0 Å². The van der Waals surface area contributed by atoms with Gasteiger partial charge in [-0.2, -0.15) is 0 Å². The highest BCUT2D eigenvalue weighted by atomic mass is 32.2. The van der Waals surface area contributed by atoms with Gasteiger partial charge in [-0.1, -0.05) is 0 Å². The van der Waals surface area contributed by atoms with Gasteiger partial charge < -0.3 is 4.74 Å². The van der Waals surface area contributed by atoms with Crippen molar-refractivity contribution in [2.45, 2.75) is 25.3 Å². The number of piperidine rings is 1. The average Bonchev–Trinajstić information content (AvgIpc) is 2.48. The van der Waals surface area contributed by atoms with E-state index >= 15 is 0 Å². The number of ether oxygens (including phenoxy) is 1. The first-order chi connectivity index (χ1) is 6.61. The molecule has 2 heterocycles. The summed E-state index contributed by atoms with van der Waals surface area (Å²) < 4.78 is 8.07. The molecule has 0 aromatic carbocycles. The van der Waals surface area contributed by atoms with Crippen molar-refractivity contribution in [1.29, 1.82) is 0 Å². The van der Waals surface area contributed by atoms with Crippen LogP contribution in [0.4, 0.5) is 0 Å². The molecule has 3 nitrogen and oxygen atoms in total. The van der Waals surface area contributed by atoms with Crippen LogP contribution < -0.4 is 0 Å². The van der Waals surface area contributed by atoms with Gasteiger partial charge in [-0.15, -0.1) is 0 Å². The van der Waals surface area contributed by atoms with Crippen LogP contribution in [-0.4, -0.2) is 47.9 Å². The molecule has 0 aromatic rings. The maximum Gasteiger partial charge on any atom is 0.180 e. The smallest absolute Gasteiger partial charge is 0.180 e. The molecule has 2 aliphatic heterocycles. The van der Waals surface area contributed by atoms with Crippen molar-refractivity contribution < 1.29 is 4.74 Å². The van der Waals surface area contributed by atoms with E-state index in [9.17, 15) is 0 Å². The second-order valence-electron chi connectivity index (χ2n) is 4.44. The fourth-order valence-corrected chi connectivity index (χ4v) is 3.20. The zero-order chi connectivity index (χ0) is 10.2. The van der Waals surface area contributed by atoms with Crippen LogP contribution in [0, 0.1) is 0 Å². The Morgan fingerprint density at radius 3 is 2.43 bits per heavy atom. The quantitative estimate of drug-likeness (QED) is 0.671. The van der Waals surface area contributed by atoms with E-state index < -0.39 is 0 Å². The Kier molecular flexibility index (Phi) is 2.75. The third kappa shape index (κ3) is 1.91. The van der Waals surface area contributed by atoms with Crippen molar-refractivity contribution in [1.82, 2.24) is 4.31 Å². The Morgan fingerprint density at radius 1 is 1.36 bits per heavy atom. The first kappa shape index (κ1) is 10.3. The molecule has 82 valence electrons. The van der Waals surface area contributed by atoms with Gasteiger partial charge >= 0.3 is 0 Å². The van der Waals surface area contributed by atoms with E-state index in [-0.39, 0.29) is 16.6 Å². The standard InChI is InChI=1S/C10H20N2OS/c1-9-11-10(8-13-9)4-6-12(7-5-10)14(2)3/h14H,4-8H2,1-3H3. The van der Waals surface area contributed by atoms with Crippen molar-refractivity contribution in [2.75, 3.05) is 32.2 Å². The lowest BCUT2D eigenvalue weighted by atomic mass is 9.90. The van der Waals surface area contributed by atoms with E-state index in [1.54, 1.807) is 0 Å². The van der Waals surface area contributed by atoms with Gasteiger partial charge in [0.1, 0.15) is 12.1 Å². The molecule has 0 atom stereocenters. The van der Waals surface area contributed by atoms with Crippen molar-refractivity contribution >= 4 is 17.0 Å². The second kappa shape index (κ2) is 3.74. The van der Waals surface area contributed by atoms with Crippen LogP contribution in [0.1, 0.15) is 19.8 Å². The molecule has 0 aromatic heterocycles. The lowest BCUT2D eigenvalue weighted by molar-refractivity contribution is 0.186. The number of hydrogen-bond donors (Lipinski definition) is 1. The molecule has 0 N–H and O–H groups in total. The monoisotopic (exact) mass is 216 g/mol. The first-order valence-corrected chi connectivity index (χ1v) is 7.42. The van der Waals surface area contributed by atoms with E-state index in [1.807, 2.05) is 6.92 Å². The van der Waals surface area contributed by atoms with E-state index in [2.05, 4.69) is 21.8 Å². The number of rotatable bonds is 1. The summed E-state index contributed by atoms with van der Waals surface area (Å²) in [6.45, 7) is 5.17. The molecular weight excluding hydrogens is 196 g/mol. The molecule has 1 spiro atoms. The molecule has 1 fully saturated rings. The maximum atomic E-state index is 5.48. The highest BCUT2D eigenvalue weighted by molar-refractivity contribution is 8.13. The third-order valence-corrected chi connectivity index (χ3v) is 4.71. The summed E-state index contributed by atoms with van der Waals surface area (Å²) in [4.78, 5) is 4.65. The predicted molar refractivity (Wildman–Crippen MR) is 63.4 cm³/mol. The Hall–Kier alpha value is -0.220. The Balaban J connectivity index is 1.96. The minimum atomic E-state index is 0.0833. The Morgan fingerprint density at radius 2 is 2.00 bits per heavy atom. The Bertz CT molecular complexity index is 245. The zero-order valence-electron chi connectivity index (χ0n) is 9.29. The summed E-state index contributed by atoms with van der Waals surface area (Å²) in [7, 11) is 0. The normalized spacial score (nSPS) is 27.4. The van der Waals surface area contributed by atoms with Gasteiger partial charge in [-0.3, -0.25) is 4.31 Å². The van der Waals surface area contributed by atoms with Gasteiger partial charge in [0.05, 0.1) is 0 Å². The van der Waals surface area contributed by atoms with Gasteiger partial charge in [0.25, 0.3) is 0 Å². The molecule has 2 rings (SSSR count). The van der Waals surface area contributed by atoms with Crippen molar-refractivity contribution in [3.05, 3.63) is 0 Å². The van der Waals surface area contributed by atoms with Crippen molar-refractivity contribution in [2.24, 2.45) is 4.99 Å². The topological polar surface area (TPSA) is 24.8 Å². The van der Waals surface area contributed by atoms with Crippen molar-refractivity contribution in [3.8, 4) is 0 Å². The van der Waals surface area contributed by atoms with Gasteiger partial charge in [-0.05, 0) is 25.4 Å². The van der Waals surface area contributed by atoms with Crippen molar-refractivity contribution in [3.63, 3.8) is 0 Å². The zero-order valence-corrected chi connectivity index (χ0v) is 10.2. The fourth-order valence-electron chi connectivity index (χ4n) is 2.20. The summed E-state index contributed by atoms with van der Waals surface area (Å²) in [5.74, 6) is 0.883. The van der Waals surface area contributed by atoms with Crippen LogP contribution >= 0.6 is 11.1 Å². The largest absolute Gasteiger partial charge is 0.479 e. The molecule has 2 aliphatic rings. The molecule has 0 amide bonds. The van der Waals surface area contributed by atoms with Crippen LogP contribution in [-0.2, 0) is 4.74 Å². The molecule has 0 radical (unpaired) electrons. The van der Waals surface area contributed by atoms with E-state index in [0.29, 0.717) is 0 Å². The number of thiol groups is 1. The molecular formula is C10H20N2OS. The number of aliphatic imine (C=N–C) groups is 1. The summed E-state index contributed by atoms with van der Waals surface area (Å²) in [5.41, 5.74) is 0.145.